The van der Waals surface area contributed by atoms with E-state index < -0.39 is 0 Å². The zero-order valence-electron chi connectivity index (χ0n) is 15.6. The van der Waals surface area contributed by atoms with Crippen LogP contribution < -0.4 is 5.32 Å². The number of benzene rings is 2. The fraction of sp³-hybridized carbons (Fsp3) is 0.364. The van der Waals surface area contributed by atoms with Gasteiger partial charge in [0.1, 0.15) is 0 Å². The number of carbonyl (C=O) groups excluding carboxylic acids is 1. The number of piperidine rings is 1. The highest BCUT2D eigenvalue weighted by molar-refractivity contribution is 7.18. The zero-order valence-corrected chi connectivity index (χ0v) is 16.4. The molecule has 1 aromatic heterocycles. The molecule has 0 spiro atoms. The Morgan fingerprint density at radius 3 is 2.81 bits per heavy atom. The van der Waals surface area contributed by atoms with Crippen LogP contribution >= 0.6 is 11.3 Å². The van der Waals surface area contributed by atoms with Gasteiger partial charge in [-0.15, -0.1) is 11.3 Å². The van der Waals surface area contributed by atoms with Crippen molar-refractivity contribution in [2.24, 2.45) is 0 Å². The highest BCUT2D eigenvalue weighted by atomic mass is 32.1. The summed E-state index contributed by atoms with van der Waals surface area (Å²) in [7, 11) is 0. The Bertz CT molecular complexity index is 875. The summed E-state index contributed by atoms with van der Waals surface area (Å²) in [5.74, 6) is 0.537. The van der Waals surface area contributed by atoms with Crippen LogP contribution in [-0.2, 0) is 4.79 Å². The van der Waals surface area contributed by atoms with E-state index in [4.69, 9.17) is 4.98 Å². The van der Waals surface area contributed by atoms with Gasteiger partial charge in [-0.25, -0.2) is 4.98 Å². The van der Waals surface area contributed by atoms with Crippen molar-refractivity contribution in [2.75, 3.05) is 19.6 Å². The second kappa shape index (κ2) is 8.19. The smallest absolute Gasteiger partial charge is 0.236 e. The molecule has 140 valence electrons. The van der Waals surface area contributed by atoms with Gasteiger partial charge in [0.2, 0.25) is 5.91 Å². The number of fused-ring (bicyclic) bond motifs is 1. The van der Waals surface area contributed by atoms with Gasteiger partial charge in [0.25, 0.3) is 0 Å². The van der Waals surface area contributed by atoms with Gasteiger partial charge in [-0.05, 0) is 37.5 Å². The Morgan fingerprint density at radius 1 is 1.22 bits per heavy atom. The third-order valence-corrected chi connectivity index (χ3v) is 6.49. The van der Waals surface area contributed by atoms with E-state index in [1.807, 2.05) is 29.2 Å². The number of rotatable bonds is 5. The SMILES string of the molecule is C[C@@H](NCC(=O)N1CCC[C@H](c2nc3ccccc3s2)C1)c1ccccc1. The zero-order chi connectivity index (χ0) is 18.6. The maximum absolute atomic E-state index is 12.7. The van der Waals surface area contributed by atoms with Crippen LogP contribution in [0.1, 0.15) is 42.3 Å². The Morgan fingerprint density at radius 2 is 2.00 bits per heavy atom. The Hall–Kier alpha value is -2.24. The maximum atomic E-state index is 12.7. The van der Waals surface area contributed by atoms with Gasteiger partial charge in [-0.2, -0.15) is 0 Å². The fourth-order valence-corrected chi connectivity index (χ4v) is 4.77. The van der Waals surface area contributed by atoms with Gasteiger partial charge in [-0.1, -0.05) is 42.5 Å². The lowest BCUT2D eigenvalue weighted by molar-refractivity contribution is -0.131. The van der Waals surface area contributed by atoms with E-state index in [-0.39, 0.29) is 11.9 Å². The third-order valence-electron chi connectivity index (χ3n) is 5.29. The van der Waals surface area contributed by atoms with Crippen LogP contribution in [-0.4, -0.2) is 35.4 Å². The lowest BCUT2D eigenvalue weighted by Crippen LogP contribution is -2.43. The summed E-state index contributed by atoms with van der Waals surface area (Å²) < 4.78 is 1.23. The average molecular weight is 380 g/mol. The molecule has 5 heteroatoms. The minimum Gasteiger partial charge on any atom is -0.341 e. The molecule has 2 heterocycles. The van der Waals surface area contributed by atoms with Gasteiger partial charge in [0.15, 0.2) is 0 Å². The van der Waals surface area contributed by atoms with Crippen molar-refractivity contribution in [1.82, 2.24) is 15.2 Å². The minimum absolute atomic E-state index is 0.167. The lowest BCUT2D eigenvalue weighted by atomic mass is 9.98. The number of nitrogens with zero attached hydrogens (tertiary/aromatic N) is 2. The summed E-state index contributed by atoms with van der Waals surface area (Å²) in [6.45, 7) is 4.10. The molecular weight excluding hydrogens is 354 g/mol. The molecule has 0 radical (unpaired) electrons. The number of nitrogens with one attached hydrogen (secondary N) is 1. The predicted molar refractivity (Wildman–Crippen MR) is 111 cm³/mol. The van der Waals surface area contributed by atoms with Crippen LogP contribution in [0.25, 0.3) is 10.2 Å². The number of hydrogen-bond donors (Lipinski definition) is 1. The molecule has 4 nitrogen and oxygen atoms in total. The summed E-state index contributed by atoms with van der Waals surface area (Å²) in [5, 5.41) is 4.53. The first-order valence-corrected chi connectivity index (χ1v) is 10.4. The number of aromatic nitrogens is 1. The van der Waals surface area contributed by atoms with Crippen molar-refractivity contribution in [3.05, 3.63) is 65.2 Å². The van der Waals surface area contributed by atoms with Crippen LogP contribution in [0.3, 0.4) is 0 Å². The number of thiazole rings is 1. The van der Waals surface area contributed by atoms with Crippen molar-refractivity contribution < 1.29 is 4.79 Å². The highest BCUT2D eigenvalue weighted by Crippen LogP contribution is 2.32. The van der Waals surface area contributed by atoms with Gasteiger partial charge >= 0.3 is 0 Å². The lowest BCUT2D eigenvalue weighted by Gasteiger charge is -2.32. The molecule has 3 aromatic rings. The molecule has 0 unspecified atom stereocenters. The fourth-order valence-electron chi connectivity index (χ4n) is 3.68. The van der Waals surface area contributed by atoms with Crippen molar-refractivity contribution in [3.63, 3.8) is 0 Å². The summed E-state index contributed by atoms with van der Waals surface area (Å²) in [6, 6.07) is 18.7. The molecule has 1 aliphatic rings. The van der Waals surface area contributed by atoms with E-state index in [0.29, 0.717) is 12.5 Å². The summed E-state index contributed by atoms with van der Waals surface area (Å²) in [5.41, 5.74) is 2.27. The first-order valence-electron chi connectivity index (χ1n) is 9.62. The van der Waals surface area contributed by atoms with E-state index >= 15 is 0 Å². The van der Waals surface area contributed by atoms with Crippen LogP contribution in [0.5, 0.6) is 0 Å². The van der Waals surface area contributed by atoms with Gasteiger partial charge in [0, 0.05) is 25.0 Å². The molecule has 1 aliphatic heterocycles. The molecular formula is C22H25N3OS. The molecule has 4 rings (SSSR count). The molecule has 1 amide bonds. The van der Waals surface area contributed by atoms with Crippen LogP contribution in [0.15, 0.2) is 54.6 Å². The Labute approximate surface area is 164 Å². The maximum Gasteiger partial charge on any atom is 0.236 e. The molecule has 1 fully saturated rings. The number of hydrogen-bond acceptors (Lipinski definition) is 4. The van der Waals surface area contributed by atoms with E-state index in [9.17, 15) is 4.79 Å². The first kappa shape index (κ1) is 18.1. The molecule has 0 bridgehead atoms. The van der Waals surface area contributed by atoms with Crippen LogP contribution in [0.4, 0.5) is 0 Å². The average Bonchev–Trinajstić information content (AvgIpc) is 3.17. The number of likely N-dealkylation sites (tertiary alicyclic amines) is 1. The minimum atomic E-state index is 0.167. The Balaban J connectivity index is 1.36. The van der Waals surface area contributed by atoms with Crippen molar-refractivity contribution in [2.45, 2.75) is 31.7 Å². The van der Waals surface area contributed by atoms with E-state index in [0.717, 1.165) is 31.4 Å². The molecule has 27 heavy (non-hydrogen) atoms. The molecule has 2 atom stereocenters. The number of para-hydroxylation sites is 1. The Kier molecular flexibility index (Phi) is 5.50. The van der Waals surface area contributed by atoms with Crippen molar-refractivity contribution in [1.29, 1.82) is 0 Å². The standard InChI is InChI=1S/C22H25N3OS/c1-16(17-8-3-2-4-9-17)23-14-21(26)25-13-7-10-18(15-25)22-24-19-11-5-6-12-20(19)27-22/h2-6,8-9,11-12,16,18,23H,7,10,13-15H2,1H3/t16-,18+/m1/s1. The van der Waals surface area contributed by atoms with Crippen molar-refractivity contribution >= 4 is 27.5 Å². The van der Waals surface area contributed by atoms with Crippen LogP contribution in [0, 0.1) is 0 Å². The van der Waals surface area contributed by atoms with Gasteiger partial charge < -0.3 is 10.2 Å². The van der Waals surface area contributed by atoms with Gasteiger partial charge in [-0.3, -0.25) is 4.79 Å². The number of amides is 1. The largest absolute Gasteiger partial charge is 0.341 e. The van der Waals surface area contributed by atoms with Crippen LogP contribution in [0.2, 0.25) is 0 Å². The summed E-state index contributed by atoms with van der Waals surface area (Å²) in [4.78, 5) is 19.5. The predicted octanol–water partition coefficient (Wildman–Crippen LogP) is 4.35. The molecule has 0 saturated carbocycles. The van der Waals surface area contributed by atoms with E-state index in [1.165, 1.54) is 15.3 Å². The quantitative estimate of drug-likeness (QED) is 0.717. The second-order valence-corrected chi connectivity index (χ2v) is 8.27. The topological polar surface area (TPSA) is 45.2 Å². The van der Waals surface area contributed by atoms with Crippen molar-refractivity contribution in [3.8, 4) is 0 Å². The molecule has 2 aromatic carbocycles. The van der Waals surface area contributed by atoms with E-state index in [1.54, 1.807) is 11.3 Å². The number of carbonyl (C=O) groups is 1. The normalized spacial score (nSPS) is 18.6. The third kappa shape index (κ3) is 4.20. The first-order chi connectivity index (χ1) is 13.2. The summed E-state index contributed by atoms with van der Waals surface area (Å²) >= 11 is 1.77. The van der Waals surface area contributed by atoms with E-state index in [2.05, 4.69) is 42.6 Å². The second-order valence-electron chi connectivity index (χ2n) is 7.21. The highest BCUT2D eigenvalue weighted by Gasteiger charge is 2.27. The molecule has 1 saturated heterocycles. The molecule has 0 aliphatic carbocycles. The monoisotopic (exact) mass is 379 g/mol. The van der Waals surface area contributed by atoms with Gasteiger partial charge in [0.05, 0.1) is 21.8 Å². The summed E-state index contributed by atoms with van der Waals surface area (Å²) in [6.07, 6.45) is 2.15. The molecule has 1 N–H and O–H groups in total.